The van der Waals surface area contributed by atoms with Crippen LogP contribution < -0.4 is 11.1 Å². The van der Waals surface area contributed by atoms with Gasteiger partial charge in [0, 0.05) is 28.9 Å². The average molecular weight is 304 g/mol. The molecule has 0 radical (unpaired) electrons. The number of hydrogen-bond donors (Lipinski definition) is 3. The van der Waals surface area contributed by atoms with Crippen molar-refractivity contribution in [2.24, 2.45) is 0 Å². The Morgan fingerprint density at radius 3 is 2.83 bits per heavy atom. The zero-order valence-electron chi connectivity index (χ0n) is 12.7. The van der Waals surface area contributed by atoms with Crippen LogP contribution in [-0.4, -0.2) is 17.6 Å². The standard InChI is InChI=1S/C19H16N2O2/c1-2-4-12-6-9-17(20)16(11-12)13-7-8-15(19(22)23)18-14(13)5-3-10-21-18/h3,5-9,11,21H,10,20H2,1H3,(H,22,23). The minimum atomic E-state index is -0.950. The smallest absolute Gasteiger partial charge is 0.337 e. The van der Waals surface area contributed by atoms with E-state index >= 15 is 0 Å². The number of anilines is 2. The SMILES string of the molecule is CC#Cc1ccc(N)c(-c2ccc(C(=O)O)c3c2C=CCN3)c1. The molecule has 1 aliphatic rings. The molecule has 23 heavy (non-hydrogen) atoms. The quantitative estimate of drug-likeness (QED) is 0.587. The van der Waals surface area contributed by atoms with E-state index in [1.165, 1.54) is 0 Å². The molecule has 0 unspecified atom stereocenters. The van der Waals surface area contributed by atoms with Crippen molar-refractivity contribution in [1.29, 1.82) is 0 Å². The number of carbonyl (C=O) groups is 1. The summed E-state index contributed by atoms with van der Waals surface area (Å²) in [5.41, 5.74) is 11.1. The molecule has 0 fully saturated rings. The second kappa shape index (κ2) is 5.90. The van der Waals surface area contributed by atoms with E-state index in [4.69, 9.17) is 5.73 Å². The Hall–Kier alpha value is -3.19. The van der Waals surface area contributed by atoms with Crippen LogP contribution in [0.4, 0.5) is 11.4 Å². The maximum absolute atomic E-state index is 11.4. The molecular formula is C19H16N2O2. The lowest BCUT2D eigenvalue weighted by molar-refractivity contribution is 0.0698. The van der Waals surface area contributed by atoms with Gasteiger partial charge in [-0.2, -0.15) is 0 Å². The Morgan fingerprint density at radius 2 is 2.09 bits per heavy atom. The molecule has 2 aromatic rings. The number of hydrogen-bond acceptors (Lipinski definition) is 3. The van der Waals surface area contributed by atoms with Gasteiger partial charge >= 0.3 is 5.97 Å². The summed E-state index contributed by atoms with van der Waals surface area (Å²) in [5, 5.41) is 12.5. The number of nitrogens with one attached hydrogen (secondary N) is 1. The van der Waals surface area contributed by atoms with Crippen LogP contribution in [0.3, 0.4) is 0 Å². The normalized spacial score (nSPS) is 11.9. The highest BCUT2D eigenvalue weighted by Crippen LogP contribution is 2.37. The molecule has 0 aromatic heterocycles. The number of rotatable bonds is 2. The topological polar surface area (TPSA) is 75.4 Å². The van der Waals surface area contributed by atoms with Gasteiger partial charge in [0.25, 0.3) is 0 Å². The fourth-order valence-electron chi connectivity index (χ4n) is 2.75. The molecule has 2 aromatic carbocycles. The first kappa shape index (κ1) is 14.7. The van der Waals surface area contributed by atoms with Gasteiger partial charge in [0.1, 0.15) is 0 Å². The highest BCUT2D eigenvalue weighted by Gasteiger charge is 2.19. The van der Waals surface area contributed by atoms with Crippen LogP contribution in [0.1, 0.15) is 28.4 Å². The van der Waals surface area contributed by atoms with Crippen molar-refractivity contribution in [2.45, 2.75) is 6.92 Å². The minimum Gasteiger partial charge on any atom is -0.478 e. The molecule has 0 saturated heterocycles. The van der Waals surface area contributed by atoms with Crippen molar-refractivity contribution in [3.05, 3.63) is 53.1 Å². The third kappa shape index (κ3) is 2.65. The van der Waals surface area contributed by atoms with E-state index < -0.39 is 5.97 Å². The summed E-state index contributed by atoms with van der Waals surface area (Å²) in [7, 11) is 0. The van der Waals surface area contributed by atoms with E-state index in [1.54, 1.807) is 19.1 Å². The summed E-state index contributed by atoms with van der Waals surface area (Å²) >= 11 is 0. The maximum atomic E-state index is 11.4. The van der Waals surface area contributed by atoms with E-state index in [2.05, 4.69) is 17.2 Å². The number of fused-ring (bicyclic) bond motifs is 1. The van der Waals surface area contributed by atoms with Gasteiger partial charge in [0.05, 0.1) is 11.3 Å². The van der Waals surface area contributed by atoms with Gasteiger partial charge in [0.2, 0.25) is 0 Å². The van der Waals surface area contributed by atoms with Gasteiger partial charge in [0.15, 0.2) is 0 Å². The zero-order chi connectivity index (χ0) is 16.4. The molecule has 0 spiro atoms. The lowest BCUT2D eigenvalue weighted by Gasteiger charge is -2.20. The molecule has 4 heteroatoms. The fourth-order valence-corrected chi connectivity index (χ4v) is 2.75. The van der Waals surface area contributed by atoms with E-state index in [0.29, 0.717) is 17.9 Å². The van der Waals surface area contributed by atoms with Gasteiger partial charge in [-0.15, -0.1) is 5.92 Å². The second-order valence-corrected chi connectivity index (χ2v) is 5.21. The summed E-state index contributed by atoms with van der Waals surface area (Å²) in [6.07, 6.45) is 3.90. The summed E-state index contributed by atoms with van der Waals surface area (Å²) in [6, 6.07) is 9.05. The van der Waals surface area contributed by atoms with Crippen LogP contribution in [0.15, 0.2) is 36.4 Å². The summed E-state index contributed by atoms with van der Waals surface area (Å²) in [5.74, 6) is 4.95. The van der Waals surface area contributed by atoms with Gasteiger partial charge in [-0.3, -0.25) is 0 Å². The Bertz CT molecular complexity index is 886. The van der Waals surface area contributed by atoms with Crippen molar-refractivity contribution >= 4 is 23.4 Å². The van der Waals surface area contributed by atoms with Gasteiger partial charge in [-0.05, 0) is 36.8 Å². The van der Waals surface area contributed by atoms with Crippen molar-refractivity contribution in [3.63, 3.8) is 0 Å². The molecule has 0 bridgehead atoms. The molecule has 1 aliphatic heterocycles. The lowest BCUT2D eigenvalue weighted by atomic mass is 9.92. The van der Waals surface area contributed by atoms with Gasteiger partial charge < -0.3 is 16.2 Å². The van der Waals surface area contributed by atoms with Crippen molar-refractivity contribution < 1.29 is 9.90 Å². The highest BCUT2D eigenvalue weighted by molar-refractivity contribution is 6.01. The van der Waals surface area contributed by atoms with E-state index in [-0.39, 0.29) is 5.56 Å². The number of carboxylic acid groups (broad SMARTS) is 1. The van der Waals surface area contributed by atoms with Crippen LogP contribution in [0.2, 0.25) is 0 Å². The van der Waals surface area contributed by atoms with Crippen molar-refractivity contribution in [2.75, 3.05) is 17.6 Å². The number of carboxylic acids is 1. The Balaban J connectivity index is 2.26. The molecule has 3 rings (SSSR count). The van der Waals surface area contributed by atoms with Gasteiger partial charge in [-0.25, -0.2) is 4.79 Å². The summed E-state index contributed by atoms with van der Waals surface area (Å²) in [6.45, 7) is 2.39. The van der Waals surface area contributed by atoms with Crippen molar-refractivity contribution in [1.82, 2.24) is 0 Å². The molecule has 1 heterocycles. The zero-order valence-corrected chi connectivity index (χ0v) is 12.7. The molecule has 4 nitrogen and oxygen atoms in total. The maximum Gasteiger partial charge on any atom is 0.337 e. The minimum absolute atomic E-state index is 0.260. The molecule has 0 amide bonds. The first-order valence-electron chi connectivity index (χ1n) is 7.25. The first-order valence-corrected chi connectivity index (χ1v) is 7.25. The van der Waals surface area contributed by atoms with Crippen LogP contribution in [-0.2, 0) is 0 Å². The van der Waals surface area contributed by atoms with Gasteiger partial charge in [-0.1, -0.05) is 24.1 Å². The van der Waals surface area contributed by atoms with E-state index in [0.717, 1.165) is 22.3 Å². The van der Waals surface area contributed by atoms with Crippen molar-refractivity contribution in [3.8, 4) is 23.0 Å². The fraction of sp³-hybridized carbons (Fsp3) is 0.105. The van der Waals surface area contributed by atoms with E-state index in [1.807, 2.05) is 30.4 Å². The Labute approximate surface area is 134 Å². The molecular weight excluding hydrogens is 288 g/mol. The number of nitrogens with two attached hydrogens (primary N) is 1. The van der Waals surface area contributed by atoms with Crippen LogP contribution in [0.25, 0.3) is 17.2 Å². The first-order chi connectivity index (χ1) is 11.1. The predicted molar refractivity (Wildman–Crippen MR) is 93.3 cm³/mol. The molecule has 114 valence electrons. The second-order valence-electron chi connectivity index (χ2n) is 5.21. The monoisotopic (exact) mass is 304 g/mol. The highest BCUT2D eigenvalue weighted by atomic mass is 16.4. The predicted octanol–water partition coefficient (Wildman–Crippen LogP) is 3.44. The average Bonchev–Trinajstić information content (AvgIpc) is 2.56. The largest absolute Gasteiger partial charge is 0.478 e. The van der Waals surface area contributed by atoms with Crippen LogP contribution >= 0.6 is 0 Å². The lowest BCUT2D eigenvalue weighted by Crippen LogP contribution is -2.11. The summed E-state index contributed by atoms with van der Waals surface area (Å²) < 4.78 is 0. The molecule has 0 atom stereocenters. The Morgan fingerprint density at radius 1 is 1.26 bits per heavy atom. The number of benzene rings is 2. The Kier molecular flexibility index (Phi) is 3.78. The number of nitrogen functional groups attached to an aromatic ring is 1. The van der Waals surface area contributed by atoms with Crippen LogP contribution in [0.5, 0.6) is 0 Å². The molecule has 4 N–H and O–H groups in total. The van der Waals surface area contributed by atoms with Crippen LogP contribution in [0, 0.1) is 11.8 Å². The molecule has 0 aliphatic carbocycles. The number of aromatic carboxylic acids is 1. The third-order valence-electron chi connectivity index (χ3n) is 3.77. The molecule has 0 saturated carbocycles. The summed E-state index contributed by atoms with van der Waals surface area (Å²) in [4.78, 5) is 11.4. The third-order valence-corrected chi connectivity index (χ3v) is 3.77. The van der Waals surface area contributed by atoms with E-state index in [9.17, 15) is 9.90 Å².